The van der Waals surface area contributed by atoms with Crippen molar-refractivity contribution in [2.24, 2.45) is 0 Å². The van der Waals surface area contributed by atoms with Gasteiger partial charge < -0.3 is 15.1 Å². The van der Waals surface area contributed by atoms with Crippen LogP contribution in [0.4, 0.5) is 0 Å². The number of piperidine rings is 1. The number of likely N-dealkylation sites (tertiary alicyclic amines) is 2. The molecule has 2 aromatic rings. The molecule has 0 bridgehead atoms. The van der Waals surface area contributed by atoms with Crippen LogP contribution in [0.1, 0.15) is 25.7 Å². The number of sulfonamides is 1. The fourth-order valence-electron chi connectivity index (χ4n) is 5.62. The third-order valence-corrected chi connectivity index (χ3v) is 9.58. The van der Waals surface area contributed by atoms with Gasteiger partial charge in [0.25, 0.3) is 0 Å². The Kier molecular flexibility index (Phi) is 8.16. The van der Waals surface area contributed by atoms with Crippen molar-refractivity contribution in [3.8, 4) is 0 Å². The van der Waals surface area contributed by atoms with Crippen LogP contribution in [-0.2, 0) is 19.6 Å². The van der Waals surface area contributed by atoms with Crippen LogP contribution in [0.15, 0.2) is 45.8 Å². The van der Waals surface area contributed by atoms with Crippen LogP contribution < -0.4 is 10.0 Å². The summed E-state index contributed by atoms with van der Waals surface area (Å²) in [5, 5.41) is 5.08. The van der Waals surface area contributed by atoms with Gasteiger partial charge in [0.05, 0.1) is 11.4 Å². The third kappa shape index (κ3) is 6.17. The highest BCUT2D eigenvalue weighted by Crippen LogP contribution is 2.24. The van der Waals surface area contributed by atoms with E-state index in [4.69, 9.17) is 0 Å². The Bertz CT molecular complexity index is 1270. The average molecular weight is 593 g/mol. The second kappa shape index (κ2) is 11.4. The minimum absolute atomic E-state index is 0.0000310. The van der Waals surface area contributed by atoms with E-state index in [0.29, 0.717) is 25.9 Å². The minimum Gasteiger partial charge on any atom is -0.337 e. The number of hydrogen-bond donors (Lipinski definition) is 2. The molecule has 0 saturated carbocycles. The Morgan fingerprint density at radius 3 is 2.54 bits per heavy atom. The summed E-state index contributed by atoms with van der Waals surface area (Å²) in [6.45, 7) is 5.95. The number of rotatable bonds is 7. The highest BCUT2D eigenvalue weighted by molar-refractivity contribution is 9.10. The normalized spacial score (nSPS) is 23.6. The van der Waals surface area contributed by atoms with Crippen LogP contribution in [0.25, 0.3) is 10.8 Å². The second-order valence-corrected chi connectivity index (χ2v) is 12.8. The first-order valence-electron chi connectivity index (χ1n) is 13.0. The maximum Gasteiger partial charge on any atom is 0.242 e. The number of nitrogens with one attached hydrogen (secondary N) is 2. The molecule has 200 valence electrons. The molecule has 2 aromatic carbocycles. The Balaban J connectivity index is 1.22. The molecule has 37 heavy (non-hydrogen) atoms. The van der Waals surface area contributed by atoms with Crippen LogP contribution in [-0.4, -0.2) is 99.4 Å². The van der Waals surface area contributed by atoms with E-state index in [2.05, 4.69) is 30.9 Å². The number of halogens is 1. The maximum atomic E-state index is 13.2. The number of carbonyl (C=O) groups is 2. The maximum absolute atomic E-state index is 13.2. The number of carbonyl (C=O) groups excluding carboxylic acids is 2. The number of hydrogen-bond acceptors (Lipinski definition) is 6. The Morgan fingerprint density at radius 2 is 1.73 bits per heavy atom. The Morgan fingerprint density at radius 1 is 1.00 bits per heavy atom. The number of benzene rings is 2. The lowest BCUT2D eigenvalue weighted by atomic mass is 10.1. The van der Waals surface area contributed by atoms with Crippen molar-refractivity contribution in [1.29, 1.82) is 0 Å². The van der Waals surface area contributed by atoms with Gasteiger partial charge in [0.15, 0.2) is 0 Å². The Labute approximate surface area is 226 Å². The summed E-state index contributed by atoms with van der Waals surface area (Å²) in [6, 6.07) is 9.87. The first kappa shape index (κ1) is 26.6. The molecule has 11 heteroatoms. The molecule has 0 aliphatic carbocycles. The molecule has 2 amide bonds. The zero-order valence-electron chi connectivity index (χ0n) is 20.9. The summed E-state index contributed by atoms with van der Waals surface area (Å²) in [6.07, 6.45) is 3.01. The molecule has 0 aromatic heterocycles. The van der Waals surface area contributed by atoms with Gasteiger partial charge in [-0.2, -0.15) is 4.72 Å². The van der Waals surface area contributed by atoms with Crippen LogP contribution in [0.5, 0.6) is 0 Å². The van der Waals surface area contributed by atoms with Gasteiger partial charge in [0.2, 0.25) is 21.8 Å². The van der Waals surface area contributed by atoms with E-state index in [1.54, 1.807) is 18.2 Å². The summed E-state index contributed by atoms with van der Waals surface area (Å²) in [4.78, 5) is 32.4. The molecule has 3 aliphatic rings. The lowest BCUT2D eigenvalue weighted by Gasteiger charge is -2.36. The van der Waals surface area contributed by atoms with Gasteiger partial charge in [-0.15, -0.1) is 0 Å². The van der Waals surface area contributed by atoms with Gasteiger partial charge in [-0.05, 0) is 60.7 Å². The molecule has 2 atom stereocenters. The first-order chi connectivity index (χ1) is 17.8. The van der Waals surface area contributed by atoms with Gasteiger partial charge in [-0.1, -0.05) is 28.1 Å². The summed E-state index contributed by atoms with van der Waals surface area (Å²) in [5.41, 5.74) is 0. The van der Waals surface area contributed by atoms with Crippen molar-refractivity contribution in [3.05, 3.63) is 40.9 Å². The molecule has 5 rings (SSSR count). The van der Waals surface area contributed by atoms with E-state index in [1.165, 1.54) is 4.90 Å². The summed E-state index contributed by atoms with van der Waals surface area (Å²) >= 11 is 3.43. The minimum atomic E-state index is -3.90. The summed E-state index contributed by atoms with van der Waals surface area (Å²) in [7, 11) is -3.90. The predicted molar refractivity (Wildman–Crippen MR) is 146 cm³/mol. The molecule has 9 nitrogen and oxygen atoms in total. The van der Waals surface area contributed by atoms with Crippen molar-refractivity contribution >= 4 is 48.5 Å². The van der Waals surface area contributed by atoms with Crippen molar-refractivity contribution in [2.45, 2.75) is 42.7 Å². The quantitative estimate of drug-likeness (QED) is 0.509. The highest BCUT2D eigenvalue weighted by Gasteiger charge is 2.36. The molecular formula is C26H34BrN5O4S. The van der Waals surface area contributed by atoms with E-state index < -0.39 is 16.1 Å². The van der Waals surface area contributed by atoms with Crippen LogP contribution in [0, 0.1) is 0 Å². The van der Waals surface area contributed by atoms with Crippen LogP contribution in [0.2, 0.25) is 0 Å². The van der Waals surface area contributed by atoms with Gasteiger partial charge >= 0.3 is 0 Å². The molecular weight excluding hydrogens is 558 g/mol. The van der Waals surface area contributed by atoms with Crippen molar-refractivity contribution in [1.82, 2.24) is 24.7 Å². The standard InChI is InChI=1S/C26H34BrN5O4S/c27-21-7-5-20-16-23(8-6-19(20)15-21)37(35,36)29-24-4-2-11-31(26(24)34)18-25(33)32-12-1-3-22(32)17-30-13-9-28-10-14-30/h5-8,15-16,22,24,28-29H,1-4,9-14,17-18H2/t22-,24-/m0/s1. The average Bonchev–Trinajstić information content (AvgIpc) is 3.35. The SMILES string of the molecule is O=C1[C@@H](NS(=O)(=O)c2ccc3cc(Br)ccc3c2)CCCN1CC(=O)N1CCC[C@H]1CN1CCNCC1. The lowest BCUT2D eigenvalue weighted by molar-refractivity contribution is -0.143. The first-order valence-corrected chi connectivity index (χ1v) is 15.3. The number of amides is 2. The van der Waals surface area contributed by atoms with Gasteiger partial charge in [-0.25, -0.2) is 8.42 Å². The van der Waals surface area contributed by atoms with E-state index >= 15 is 0 Å². The fourth-order valence-corrected chi connectivity index (χ4v) is 7.26. The molecule has 0 spiro atoms. The van der Waals surface area contributed by atoms with E-state index in [9.17, 15) is 18.0 Å². The fraction of sp³-hybridized carbons (Fsp3) is 0.538. The van der Waals surface area contributed by atoms with E-state index in [1.807, 2.05) is 23.1 Å². The summed E-state index contributed by atoms with van der Waals surface area (Å²) < 4.78 is 29.8. The van der Waals surface area contributed by atoms with Crippen molar-refractivity contribution in [3.63, 3.8) is 0 Å². The van der Waals surface area contributed by atoms with Gasteiger partial charge in [-0.3, -0.25) is 14.5 Å². The van der Waals surface area contributed by atoms with Gasteiger partial charge in [0, 0.05) is 56.3 Å². The smallest absolute Gasteiger partial charge is 0.242 e. The summed E-state index contributed by atoms with van der Waals surface area (Å²) in [5.74, 6) is -0.374. The van der Waals surface area contributed by atoms with Crippen molar-refractivity contribution in [2.75, 3.05) is 52.4 Å². The largest absolute Gasteiger partial charge is 0.337 e. The lowest BCUT2D eigenvalue weighted by Crippen LogP contribution is -2.55. The number of piperazine rings is 1. The third-order valence-electron chi connectivity index (χ3n) is 7.61. The van der Waals surface area contributed by atoms with Crippen LogP contribution >= 0.6 is 15.9 Å². The second-order valence-electron chi connectivity index (χ2n) is 10.2. The number of fused-ring (bicyclic) bond motifs is 1. The molecule has 0 radical (unpaired) electrons. The molecule has 2 N–H and O–H groups in total. The topological polar surface area (TPSA) is 102 Å². The molecule has 0 unspecified atom stereocenters. The predicted octanol–water partition coefficient (Wildman–Crippen LogP) is 1.77. The zero-order chi connectivity index (χ0) is 26.0. The highest BCUT2D eigenvalue weighted by atomic mass is 79.9. The Hall–Kier alpha value is -2.05. The molecule has 3 aliphatic heterocycles. The van der Waals surface area contributed by atoms with Crippen molar-refractivity contribution < 1.29 is 18.0 Å². The molecule has 3 heterocycles. The van der Waals surface area contributed by atoms with Gasteiger partial charge in [0.1, 0.15) is 6.04 Å². The monoisotopic (exact) mass is 591 g/mol. The van der Waals surface area contributed by atoms with Crippen LogP contribution in [0.3, 0.4) is 0 Å². The van der Waals surface area contributed by atoms with E-state index in [0.717, 1.165) is 60.8 Å². The molecule has 3 fully saturated rings. The number of nitrogens with zero attached hydrogens (tertiary/aromatic N) is 3. The molecule has 3 saturated heterocycles. The zero-order valence-corrected chi connectivity index (χ0v) is 23.3. The van der Waals surface area contributed by atoms with E-state index in [-0.39, 0.29) is 29.3 Å².